The molecule has 0 heterocycles. The van der Waals surface area contributed by atoms with Crippen LogP contribution in [0.4, 0.5) is 0 Å². The molecule has 0 aliphatic heterocycles. The smallest absolute Gasteiger partial charge is 0.218 e. The highest BCUT2D eigenvalue weighted by molar-refractivity contribution is 7.42. The maximum absolute atomic E-state index is 10.7. The second-order valence-electron chi connectivity index (χ2n) is 5.22. The molecule has 5 N–H and O–H groups in total. The number of carbonyl (C=O) groups is 1. The van der Waals surface area contributed by atoms with E-state index in [-0.39, 0.29) is 18.9 Å². The van der Waals surface area contributed by atoms with Crippen LogP contribution in [-0.4, -0.2) is 48.2 Å². The van der Waals surface area contributed by atoms with Crippen LogP contribution >= 0.6 is 19.8 Å². The van der Waals surface area contributed by atoms with Crippen molar-refractivity contribution in [2.75, 3.05) is 20.1 Å². The van der Waals surface area contributed by atoms with Crippen LogP contribution in [0.1, 0.15) is 26.7 Å². The molecule has 140 valence electrons. The number of allylic oxidation sites excluding steroid dienone is 5. The van der Waals surface area contributed by atoms with Gasteiger partial charge in [-0.2, -0.15) is 0 Å². The first-order valence-electron chi connectivity index (χ1n) is 7.96. The predicted molar refractivity (Wildman–Crippen MR) is 109 cm³/mol. The third-order valence-electron chi connectivity index (χ3n) is 3.05. The Labute approximate surface area is 156 Å². The number of likely N-dealkylation sites (N-methyl/N-ethyl adjacent to an activating group) is 1. The molecule has 25 heavy (non-hydrogen) atoms. The van der Waals surface area contributed by atoms with Crippen molar-refractivity contribution in [3.05, 3.63) is 35.4 Å². The van der Waals surface area contributed by atoms with Gasteiger partial charge in [0.2, 0.25) is 5.91 Å². The molecule has 1 atom stereocenters. The van der Waals surface area contributed by atoms with E-state index in [1.165, 1.54) is 0 Å². The largest absolute Gasteiger partial charge is 0.370 e. The number of halogens is 1. The molecule has 0 aliphatic carbocycles. The number of nitrogens with zero attached hydrogens (tertiary/aromatic N) is 1. The predicted octanol–water partition coefficient (Wildman–Crippen LogP) is 2.13. The van der Waals surface area contributed by atoms with Gasteiger partial charge in [-0.05, 0) is 40.2 Å². The van der Waals surface area contributed by atoms with Gasteiger partial charge in [0.25, 0.3) is 0 Å². The minimum atomic E-state index is -1.19. The zero-order valence-electron chi connectivity index (χ0n) is 15.1. The highest BCUT2D eigenvalue weighted by atomic mass is 35.5. The molecule has 8 heteroatoms. The summed E-state index contributed by atoms with van der Waals surface area (Å²) in [5, 5.41) is 17.2. The Morgan fingerprint density at radius 2 is 2.16 bits per heavy atom. The second kappa shape index (κ2) is 13.0. The molecule has 0 radical (unpaired) electrons. The molecule has 1 amide bonds. The fourth-order valence-corrected chi connectivity index (χ4v) is 2.66. The van der Waals surface area contributed by atoms with E-state index in [0.717, 1.165) is 11.0 Å². The summed E-state index contributed by atoms with van der Waals surface area (Å²) in [6.07, 6.45) is 7.85. The van der Waals surface area contributed by atoms with Gasteiger partial charge >= 0.3 is 0 Å². The number of nitrogens with one attached hydrogen (secondary N) is 2. The summed E-state index contributed by atoms with van der Waals surface area (Å²) < 4.78 is 0. The van der Waals surface area contributed by atoms with Crippen LogP contribution in [-0.2, 0) is 4.79 Å². The highest BCUT2D eigenvalue weighted by Crippen LogP contribution is 2.20. The molecule has 1 unspecified atom stereocenters. The van der Waals surface area contributed by atoms with Crippen molar-refractivity contribution in [3.63, 3.8) is 0 Å². The lowest BCUT2D eigenvalue weighted by molar-refractivity contribution is -0.117. The van der Waals surface area contributed by atoms with Crippen molar-refractivity contribution < 1.29 is 9.90 Å². The molecule has 0 rings (SSSR count). The summed E-state index contributed by atoms with van der Waals surface area (Å²) in [5.41, 5.74) is 5.52. The van der Waals surface area contributed by atoms with Crippen molar-refractivity contribution in [1.82, 2.24) is 10.6 Å². The normalized spacial score (nSPS) is 16.1. The van der Waals surface area contributed by atoms with Gasteiger partial charge in [-0.3, -0.25) is 15.1 Å². The first kappa shape index (κ1) is 23.7. The monoisotopic (exact) mass is 386 g/mol. The van der Waals surface area contributed by atoms with E-state index in [4.69, 9.17) is 17.3 Å². The summed E-state index contributed by atoms with van der Waals surface area (Å²) in [4.78, 5) is 15.2. The van der Waals surface area contributed by atoms with Gasteiger partial charge in [-0.1, -0.05) is 37.3 Å². The minimum Gasteiger partial charge on any atom is -0.370 e. The molecule has 0 saturated carbocycles. The van der Waals surface area contributed by atoms with E-state index in [9.17, 15) is 9.90 Å². The van der Waals surface area contributed by atoms with Crippen LogP contribution in [0.15, 0.2) is 40.4 Å². The Balaban J connectivity index is 5.09. The Kier molecular flexibility index (Phi) is 12.3. The number of aliphatic hydroxyl groups is 1. The van der Waals surface area contributed by atoms with Crippen LogP contribution in [0.3, 0.4) is 0 Å². The summed E-state index contributed by atoms with van der Waals surface area (Å²) in [7, 11) is 2.30. The Morgan fingerprint density at radius 3 is 2.64 bits per heavy atom. The SMILES string of the molecule is C=CC(/C=N/C(CC)=P\C(O)(CNCCC(N)=O)NC)=C\C=C(/C)Cl. The number of hydrogen-bond donors (Lipinski definition) is 4. The molecule has 0 spiro atoms. The number of rotatable bonds is 12. The van der Waals surface area contributed by atoms with E-state index in [2.05, 4.69) is 22.2 Å². The van der Waals surface area contributed by atoms with Crippen molar-refractivity contribution in [2.24, 2.45) is 10.7 Å². The number of primary amides is 1. The van der Waals surface area contributed by atoms with Gasteiger partial charge in [-0.25, -0.2) is 0 Å². The van der Waals surface area contributed by atoms with Crippen molar-refractivity contribution >= 4 is 37.3 Å². The number of aliphatic imine (C=N–C) groups is 1. The third-order valence-corrected chi connectivity index (χ3v) is 4.62. The fraction of sp³-hybridized carbons (Fsp3) is 0.471. The molecule has 0 saturated heterocycles. The van der Waals surface area contributed by atoms with Gasteiger partial charge in [-0.15, -0.1) is 0 Å². The van der Waals surface area contributed by atoms with Crippen LogP contribution in [0, 0.1) is 0 Å². The van der Waals surface area contributed by atoms with Gasteiger partial charge in [0.1, 0.15) is 0 Å². The first-order valence-corrected chi connectivity index (χ1v) is 9.23. The first-order chi connectivity index (χ1) is 11.8. The van der Waals surface area contributed by atoms with Crippen LogP contribution in [0.2, 0.25) is 0 Å². The summed E-state index contributed by atoms with van der Waals surface area (Å²) in [6, 6.07) is 0. The molecule has 0 aromatic rings. The van der Waals surface area contributed by atoms with Crippen LogP contribution in [0.25, 0.3) is 0 Å². The highest BCUT2D eigenvalue weighted by Gasteiger charge is 2.22. The number of amides is 1. The Bertz CT molecular complexity index is 569. The maximum Gasteiger partial charge on any atom is 0.218 e. The Morgan fingerprint density at radius 1 is 1.48 bits per heavy atom. The molecule has 6 nitrogen and oxygen atoms in total. The summed E-state index contributed by atoms with van der Waals surface area (Å²) in [5.74, 6) is -0.381. The van der Waals surface area contributed by atoms with Crippen LogP contribution in [0.5, 0.6) is 0 Å². The fourth-order valence-electron chi connectivity index (χ4n) is 1.59. The van der Waals surface area contributed by atoms with E-state index in [0.29, 0.717) is 26.2 Å². The van der Waals surface area contributed by atoms with Gasteiger partial charge in [0.05, 0.1) is 5.42 Å². The van der Waals surface area contributed by atoms with Gasteiger partial charge < -0.3 is 16.2 Å². The molecule has 0 aromatic carbocycles. The van der Waals surface area contributed by atoms with Crippen molar-refractivity contribution in [2.45, 2.75) is 32.2 Å². The zero-order chi connectivity index (χ0) is 19.3. The third kappa shape index (κ3) is 11.8. The maximum atomic E-state index is 10.7. The molecular formula is C17H28ClN4O2P. The van der Waals surface area contributed by atoms with Crippen LogP contribution < -0.4 is 16.4 Å². The average molecular weight is 387 g/mol. The second-order valence-corrected chi connectivity index (χ2v) is 7.30. The number of carbonyl (C=O) groups excluding carboxylic acids is 1. The topological polar surface area (TPSA) is 99.7 Å². The van der Waals surface area contributed by atoms with Crippen molar-refractivity contribution in [1.29, 1.82) is 0 Å². The molecule has 0 fully saturated rings. The van der Waals surface area contributed by atoms with Gasteiger partial charge in [0.15, 0.2) is 5.47 Å². The van der Waals surface area contributed by atoms with E-state index >= 15 is 0 Å². The quantitative estimate of drug-likeness (QED) is 0.136. The van der Waals surface area contributed by atoms with E-state index in [1.54, 1.807) is 32.3 Å². The van der Waals surface area contributed by atoms with E-state index in [1.807, 2.05) is 13.0 Å². The minimum absolute atomic E-state index is 0.222. The lowest BCUT2D eigenvalue weighted by atomic mass is 10.2. The van der Waals surface area contributed by atoms with Gasteiger partial charge in [0, 0.05) is 30.8 Å². The summed E-state index contributed by atoms with van der Waals surface area (Å²) >= 11 is 5.81. The van der Waals surface area contributed by atoms with Crippen molar-refractivity contribution in [3.8, 4) is 0 Å². The molecule has 0 aliphatic rings. The Hall–Kier alpha value is -1.30. The molecule has 0 aromatic heterocycles. The summed E-state index contributed by atoms with van der Waals surface area (Å²) in [6.45, 7) is 8.17. The molecule has 0 bridgehead atoms. The lowest BCUT2D eigenvalue weighted by Crippen LogP contribution is -2.47. The number of hydrogen-bond acceptors (Lipinski definition) is 4. The molecular weight excluding hydrogens is 359 g/mol. The van der Waals surface area contributed by atoms with E-state index < -0.39 is 5.47 Å². The number of nitrogens with two attached hydrogens (primary N) is 1. The lowest BCUT2D eigenvalue weighted by Gasteiger charge is -2.24. The average Bonchev–Trinajstić information content (AvgIpc) is 2.57. The standard InChI is InChI=1S/C17H28ClN4O2P/c1-5-14(8-7-13(3)18)11-22-16(6-2)25-17(24,20-4)12-21-10-9-15(19)23/h5,7-8,11,20-21,24H,1,6,9-10,12H2,2-4H3,(H2,19,23)/b13-7+,14-8+,22-11+. The zero-order valence-corrected chi connectivity index (χ0v) is 16.7.